The third-order valence-corrected chi connectivity index (χ3v) is 5.04. The second kappa shape index (κ2) is 9.93. The predicted molar refractivity (Wildman–Crippen MR) is 81.4 cm³/mol. The van der Waals surface area contributed by atoms with E-state index in [1.54, 1.807) is 0 Å². The van der Waals surface area contributed by atoms with Crippen LogP contribution in [0.3, 0.4) is 0 Å². The maximum Gasteiger partial charge on any atom is 0.408 e. The van der Waals surface area contributed by atoms with Crippen LogP contribution < -0.4 is 0 Å². The molecule has 0 aromatic heterocycles. The fraction of sp³-hybridized carbons (Fsp3) is 1.00. The van der Waals surface area contributed by atoms with Gasteiger partial charge in [-0.2, -0.15) is 0 Å². The Bertz CT molecular complexity index is 247. The number of nitrogens with zero attached hydrogens (tertiary/aromatic N) is 1. The largest absolute Gasteiger partial charge is 0.408 e. The van der Waals surface area contributed by atoms with Gasteiger partial charge in [-0.15, -0.1) is 0 Å². The van der Waals surface area contributed by atoms with Crippen LogP contribution in [0.2, 0.25) is 0 Å². The van der Waals surface area contributed by atoms with Gasteiger partial charge in [-0.1, -0.05) is 26.7 Å². The van der Waals surface area contributed by atoms with Crippen molar-refractivity contribution in [3.8, 4) is 0 Å². The maximum absolute atomic E-state index is 13.0. The van der Waals surface area contributed by atoms with Crippen molar-refractivity contribution in [3.63, 3.8) is 0 Å². The molecule has 0 N–H and O–H groups in total. The van der Waals surface area contributed by atoms with E-state index in [4.69, 9.17) is 9.05 Å². The van der Waals surface area contributed by atoms with Crippen molar-refractivity contribution in [2.24, 2.45) is 0 Å². The number of hydrogen-bond acceptors (Lipinski definition) is 3. The first-order valence-electron chi connectivity index (χ1n) is 7.58. The Morgan fingerprint density at radius 2 is 1.26 bits per heavy atom. The molecule has 0 aliphatic rings. The molecule has 0 amide bonds. The van der Waals surface area contributed by atoms with Crippen molar-refractivity contribution in [2.45, 2.75) is 79.4 Å². The van der Waals surface area contributed by atoms with Gasteiger partial charge in [-0.05, 0) is 40.5 Å². The van der Waals surface area contributed by atoms with E-state index in [2.05, 4.69) is 13.8 Å². The van der Waals surface area contributed by atoms with Crippen molar-refractivity contribution in [1.29, 1.82) is 0 Å². The highest BCUT2D eigenvalue weighted by molar-refractivity contribution is 7.51. The molecule has 0 aromatic carbocycles. The van der Waals surface area contributed by atoms with Crippen molar-refractivity contribution in [1.82, 2.24) is 4.67 Å². The van der Waals surface area contributed by atoms with Gasteiger partial charge in [0.15, 0.2) is 0 Å². The third kappa shape index (κ3) is 8.09. The lowest BCUT2D eigenvalue weighted by Crippen LogP contribution is -2.28. The summed E-state index contributed by atoms with van der Waals surface area (Å²) in [5.41, 5.74) is 0. The lowest BCUT2D eigenvalue weighted by Gasteiger charge is -2.32. The van der Waals surface area contributed by atoms with E-state index < -0.39 is 7.75 Å². The van der Waals surface area contributed by atoms with Crippen LogP contribution in [0.5, 0.6) is 0 Å². The van der Waals surface area contributed by atoms with Crippen molar-refractivity contribution < 1.29 is 13.6 Å². The number of hydrogen-bond donors (Lipinski definition) is 0. The van der Waals surface area contributed by atoms with Crippen LogP contribution in [-0.4, -0.2) is 30.0 Å². The summed E-state index contributed by atoms with van der Waals surface area (Å²) in [5, 5.41) is 0. The fourth-order valence-corrected chi connectivity index (χ4v) is 3.88. The molecule has 0 heterocycles. The summed E-state index contributed by atoms with van der Waals surface area (Å²) < 4.78 is 26.3. The van der Waals surface area contributed by atoms with Gasteiger partial charge in [0.2, 0.25) is 0 Å². The lowest BCUT2D eigenvalue weighted by atomic mass is 10.3. The van der Waals surface area contributed by atoms with E-state index in [0.29, 0.717) is 0 Å². The second-order valence-electron chi connectivity index (χ2n) is 5.44. The zero-order chi connectivity index (χ0) is 14.9. The van der Waals surface area contributed by atoms with E-state index in [1.807, 2.05) is 32.4 Å². The molecular weight excluding hydrogens is 261 g/mol. The molecule has 0 aliphatic heterocycles. The molecule has 4 nitrogen and oxygen atoms in total. The molecular formula is C14H32NO3P. The van der Waals surface area contributed by atoms with Crippen LogP contribution in [0.4, 0.5) is 0 Å². The summed E-state index contributed by atoms with van der Waals surface area (Å²) >= 11 is 0. The number of rotatable bonds is 11. The maximum atomic E-state index is 13.0. The number of unbranched alkanes of at least 4 members (excludes halogenated alkanes) is 2. The first-order valence-corrected chi connectivity index (χ1v) is 9.07. The molecule has 0 aliphatic carbocycles. The van der Waals surface area contributed by atoms with Crippen molar-refractivity contribution in [2.75, 3.05) is 13.1 Å². The lowest BCUT2D eigenvalue weighted by molar-refractivity contribution is 0.105. The monoisotopic (exact) mass is 293 g/mol. The standard InChI is InChI=1S/C14H32NO3P/c1-7-9-11-15(12-10-8-2)19(16,17-13(3)4)18-14(5)6/h13-14H,7-12H2,1-6H3. The predicted octanol–water partition coefficient (Wildman–Crippen LogP) is 4.85. The van der Waals surface area contributed by atoms with Gasteiger partial charge in [-0.3, -0.25) is 9.05 Å². The molecule has 0 atom stereocenters. The highest BCUT2D eigenvalue weighted by Gasteiger charge is 2.35. The average molecular weight is 293 g/mol. The Morgan fingerprint density at radius 1 is 0.895 bits per heavy atom. The summed E-state index contributed by atoms with van der Waals surface area (Å²) in [6.07, 6.45) is 3.97. The van der Waals surface area contributed by atoms with Gasteiger partial charge >= 0.3 is 7.75 Å². The van der Waals surface area contributed by atoms with Crippen LogP contribution in [0.25, 0.3) is 0 Å². The van der Waals surface area contributed by atoms with E-state index in [0.717, 1.165) is 38.8 Å². The zero-order valence-corrected chi connectivity index (χ0v) is 14.4. The molecule has 19 heavy (non-hydrogen) atoms. The zero-order valence-electron chi connectivity index (χ0n) is 13.5. The summed E-state index contributed by atoms with van der Waals surface area (Å²) in [6, 6.07) is 0. The third-order valence-electron chi connectivity index (χ3n) is 2.57. The molecule has 0 unspecified atom stereocenters. The SMILES string of the molecule is CCCCN(CCCC)P(=O)(OC(C)C)OC(C)C. The second-order valence-corrected chi connectivity index (χ2v) is 7.36. The van der Waals surface area contributed by atoms with Gasteiger partial charge in [0.05, 0.1) is 12.2 Å². The molecule has 5 heteroatoms. The topological polar surface area (TPSA) is 38.8 Å². The average Bonchev–Trinajstić information content (AvgIpc) is 2.26. The minimum Gasteiger partial charge on any atom is -0.294 e. The van der Waals surface area contributed by atoms with Gasteiger partial charge in [0, 0.05) is 13.1 Å². The summed E-state index contributed by atoms with van der Waals surface area (Å²) in [7, 11) is -3.17. The molecule has 0 spiro atoms. The van der Waals surface area contributed by atoms with Crippen LogP contribution >= 0.6 is 7.75 Å². The van der Waals surface area contributed by atoms with Gasteiger partial charge in [-0.25, -0.2) is 9.24 Å². The Balaban J connectivity index is 4.92. The Labute approximate surface area is 119 Å². The molecule has 0 aromatic rings. The molecule has 116 valence electrons. The Morgan fingerprint density at radius 3 is 1.53 bits per heavy atom. The van der Waals surface area contributed by atoms with Gasteiger partial charge in [0.25, 0.3) is 0 Å². The molecule has 0 saturated carbocycles. The quantitative estimate of drug-likeness (QED) is 0.511. The fourth-order valence-electron chi connectivity index (χ4n) is 1.73. The van der Waals surface area contributed by atoms with Crippen molar-refractivity contribution in [3.05, 3.63) is 0 Å². The van der Waals surface area contributed by atoms with Crippen LogP contribution in [0.1, 0.15) is 67.2 Å². The smallest absolute Gasteiger partial charge is 0.294 e. The van der Waals surface area contributed by atoms with Crippen LogP contribution in [0, 0.1) is 0 Å². The van der Waals surface area contributed by atoms with E-state index in [9.17, 15) is 4.57 Å². The molecule has 0 saturated heterocycles. The molecule has 0 fully saturated rings. The molecule has 0 bridgehead atoms. The van der Waals surface area contributed by atoms with Crippen LogP contribution in [-0.2, 0) is 13.6 Å². The van der Waals surface area contributed by atoms with E-state index in [1.165, 1.54) is 0 Å². The highest BCUT2D eigenvalue weighted by atomic mass is 31.2. The Kier molecular flexibility index (Phi) is 9.98. The van der Waals surface area contributed by atoms with E-state index in [-0.39, 0.29) is 12.2 Å². The van der Waals surface area contributed by atoms with Gasteiger partial charge < -0.3 is 0 Å². The molecule has 0 rings (SSSR count). The summed E-state index contributed by atoms with van der Waals surface area (Å²) in [5.74, 6) is 0. The normalized spacial score (nSPS) is 12.9. The first kappa shape index (κ1) is 19.1. The summed E-state index contributed by atoms with van der Waals surface area (Å²) in [6.45, 7) is 13.4. The highest BCUT2D eigenvalue weighted by Crippen LogP contribution is 2.54. The van der Waals surface area contributed by atoms with Crippen molar-refractivity contribution >= 4 is 7.75 Å². The van der Waals surface area contributed by atoms with Crippen LogP contribution in [0.15, 0.2) is 0 Å². The van der Waals surface area contributed by atoms with E-state index >= 15 is 0 Å². The minimum absolute atomic E-state index is 0.102. The molecule has 0 radical (unpaired) electrons. The minimum atomic E-state index is -3.17. The first-order chi connectivity index (χ1) is 8.85. The summed E-state index contributed by atoms with van der Waals surface area (Å²) in [4.78, 5) is 0. The van der Waals surface area contributed by atoms with Gasteiger partial charge in [0.1, 0.15) is 0 Å². The Hall–Kier alpha value is 0.110.